The Morgan fingerprint density at radius 3 is 2.75 bits per heavy atom. The van der Waals surface area contributed by atoms with Crippen LogP contribution in [0.1, 0.15) is 44.1 Å². The van der Waals surface area contributed by atoms with Crippen molar-refractivity contribution in [1.82, 2.24) is 4.90 Å². The second-order valence-electron chi connectivity index (χ2n) is 5.78. The van der Waals surface area contributed by atoms with Crippen molar-refractivity contribution in [3.63, 3.8) is 0 Å². The first kappa shape index (κ1) is 15.0. The van der Waals surface area contributed by atoms with Crippen LogP contribution in [0, 0.1) is 6.92 Å². The van der Waals surface area contributed by atoms with Crippen LogP contribution in [-0.2, 0) is 4.79 Å². The van der Waals surface area contributed by atoms with Crippen LogP contribution in [0.5, 0.6) is 0 Å². The Morgan fingerprint density at radius 2 is 2.00 bits per heavy atom. The van der Waals surface area contributed by atoms with Crippen LogP contribution in [0.25, 0.3) is 0 Å². The third-order valence-corrected chi connectivity index (χ3v) is 3.88. The van der Waals surface area contributed by atoms with Gasteiger partial charge in [-0.05, 0) is 69.9 Å². The van der Waals surface area contributed by atoms with Gasteiger partial charge in [0.25, 0.3) is 0 Å². The first-order chi connectivity index (χ1) is 9.74. The van der Waals surface area contributed by atoms with Gasteiger partial charge in [0, 0.05) is 12.1 Å². The van der Waals surface area contributed by atoms with Gasteiger partial charge in [-0.25, -0.2) is 0 Å². The molecule has 0 unspecified atom stereocenters. The lowest BCUT2D eigenvalue weighted by molar-refractivity contribution is -0.116. The highest BCUT2D eigenvalue weighted by atomic mass is 16.1. The molecule has 1 aromatic carbocycles. The molecule has 0 bridgehead atoms. The predicted molar refractivity (Wildman–Crippen MR) is 84.0 cm³/mol. The molecule has 0 aromatic heterocycles. The highest BCUT2D eigenvalue weighted by Crippen LogP contribution is 2.12. The fourth-order valence-corrected chi connectivity index (χ4v) is 2.75. The number of anilines is 1. The van der Waals surface area contributed by atoms with Crippen LogP contribution >= 0.6 is 0 Å². The number of benzene rings is 1. The number of unbranched alkanes of at least 4 members (excludes halogenated alkanes) is 1. The normalized spacial score (nSPS) is 16.1. The van der Waals surface area contributed by atoms with E-state index in [0.29, 0.717) is 6.42 Å². The summed E-state index contributed by atoms with van der Waals surface area (Å²) in [5, 5.41) is 2.97. The van der Waals surface area contributed by atoms with E-state index in [4.69, 9.17) is 0 Å². The Labute approximate surface area is 122 Å². The van der Waals surface area contributed by atoms with Crippen molar-refractivity contribution in [3.05, 3.63) is 29.8 Å². The largest absolute Gasteiger partial charge is 0.326 e. The molecule has 1 aliphatic rings. The summed E-state index contributed by atoms with van der Waals surface area (Å²) in [6.07, 6.45) is 6.80. The number of rotatable bonds is 6. The standard InChI is InChI=1S/C17H26N2O/c1-15-8-7-9-16(14-15)18-17(20)10-3-6-13-19-11-4-2-5-12-19/h7-9,14H,2-6,10-13H2,1H3,(H,18,20). The lowest BCUT2D eigenvalue weighted by Crippen LogP contribution is -2.30. The van der Waals surface area contributed by atoms with Crippen LogP contribution in [-0.4, -0.2) is 30.4 Å². The van der Waals surface area contributed by atoms with Crippen molar-refractivity contribution in [2.45, 2.75) is 45.4 Å². The van der Waals surface area contributed by atoms with Crippen molar-refractivity contribution in [3.8, 4) is 0 Å². The van der Waals surface area contributed by atoms with E-state index in [-0.39, 0.29) is 5.91 Å². The monoisotopic (exact) mass is 274 g/mol. The topological polar surface area (TPSA) is 32.3 Å². The van der Waals surface area contributed by atoms with Crippen molar-refractivity contribution >= 4 is 11.6 Å². The van der Waals surface area contributed by atoms with Gasteiger partial charge in [-0.2, -0.15) is 0 Å². The quantitative estimate of drug-likeness (QED) is 0.804. The molecule has 3 heteroatoms. The van der Waals surface area contributed by atoms with E-state index in [1.165, 1.54) is 37.9 Å². The Kier molecular flexibility index (Phi) is 6.06. The maximum atomic E-state index is 11.9. The summed E-state index contributed by atoms with van der Waals surface area (Å²) in [6, 6.07) is 7.96. The van der Waals surface area contributed by atoms with Gasteiger partial charge in [0.1, 0.15) is 0 Å². The van der Waals surface area contributed by atoms with E-state index in [1.54, 1.807) is 0 Å². The van der Waals surface area contributed by atoms with Gasteiger partial charge in [0.2, 0.25) is 5.91 Å². The Balaban J connectivity index is 1.60. The molecule has 20 heavy (non-hydrogen) atoms. The molecule has 3 nitrogen and oxygen atoms in total. The van der Waals surface area contributed by atoms with Crippen LogP contribution < -0.4 is 5.32 Å². The van der Waals surface area contributed by atoms with Gasteiger partial charge in [0.05, 0.1) is 0 Å². The molecule has 1 N–H and O–H groups in total. The first-order valence-electron chi connectivity index (χ1n) is 7.83. The molecule has 1 saturated heterocycles. The van der Waals surface area contributed by atoms with E-state index < -0.39 is 0 Å². The minimum Gasteiger partial charge on any atom is -0.326 e. The zero-order valence-electron chi connectivity index (χ0n) is 12.5. The van der Waals surface area contributed by atoms with E-state index in [9.17, 15) is 4.79 Å². The number of hydrogen-bond acceptors (Lipinski definition) is 2. The van der Waals surface area contributed by atoms with E-state index in [1.807, 2.05) is 31.2 Å². The highest BCUT2D eigenvalue weighted by molar-refractivity contribution is 5.90. The Morgan fingerprint density at radius 1 is 1.20 bits per heavy atom. The van der Waals surface area contributed by atoms with Crippen molar-refractivity contribution in [1.29, 1.82) is 0 Å². The molecule has 0 saturated carbocycles. The smallest absolute Gasteiger partial charge is 0.224 e. The number of amides is 1. The second-order valence-corrected chi connectivity index (χ2v) is 5.78. The van der Waals surface area contributed by atoms with Crippen LogP contribution in [0.3, 0.4) is 0 Å². The summed E-state index contributed by atoms with van der Waals surface area (Å²) >= 11 is 0. The van der Waals surface area contributed by atoms with Crippen molar-refractivity contribution < 1.29 is 4.79 Å². The summed E-state index contributed by atoms with van der Waals surface area (Å²) in [6.45, 7) is 5.68. The van der Waals surface area contributed by atoms with Crippen molar-refractivity contribution in [2.24, 2.45) is 0 Å². The second kappa shape index (κ2) is 8.05. The molecule has 1 heterocycles. The number of nitrogens with zero attached hydrogens (tertiary/aromatic N) is 1. The Hall–Kier alpha value is -1.35. The average Bonchev–Trinajstić information content (AvgIpc) is 2.45. The maximum absolute atomic E-state index is 11.9. The number of piperidine rings is 1. The summed E-state index contributed by atoms with van der Waals surface area (Å²) in [5.74, 6) is 0.134. The van der Waals surface area contributed by atoms with Crippen LogP contribution in [0.4, 0.5) is 5.69 Å². The van der Waals surface area contributed by atoms with Gasteiger partial charge in [-0.1, -0.05) is 18.6 Å². The van der Waals surface area contributed by atoms with E-state index in [2.05, 4.69) is 10.2 Å². The number of nitrogens with one attached hydrogen (secondary N) is 1. The molecule has 2 rings (SSSR count). The third kappa shape index (κ3) is 5.33. The molecule has 110 valence electrons. The SMILES string of the molecule is Cc1cccc(NC(=O)CCCCN2CCCCC2)c1. The van der Waals surface area contributed by atoms with Gasteiger partial charge >= 0.3 is 0 Å². The van der Waals surface area contributed by atoms with Crippen LogP contribution in [0.2, 0.25) is 0 Å². The first-order valence-corrected chi connectivity index (χ1v) is 7.83. The number of carbonyl (C=O) groups excluding carboxylic acids is 1. The fraction of sp³-hybridized carbons (Fsp3) is 0.588. The molecule has 1 amide bonds. The maximum Gasteiger partial charge on any atom is 0.224 e. The van der Waals surface area contributed by atoms with Gasteiger partial charge in [0.15, 0.2) is 0 Å². The zero-order valence-corrected chi connectivity index (χ0v) is 12.5. The molecular formula is C17H26N2O. The molecule has 0 radical (unpaired) electrons. The minimum atomic E-state index is 0.134. The Bertz CT molecular complexity index is 425. The number of hydrogen-bond donors (Lipinski definition) is 1. The molecule has 0 atom stereocenters. The molecule has 1 aromatic rings. The highest BCUT2D eigenvalue weighted by Gasteiger charge is 2.09. The van der Waals surface area contributed by atoms with Gasteiger partial charge < -0.3 is 10.2 Å². The molecule has 1 aliphatic heterocycles. The summed E-state index contributed by atoms with van der Waals surface area (Å²) < 4.78 is 0. The number of carbonyl (C=O) groups is 1. The number of aryl methyl sites for hydroxylation is 1. The summed E-state index contributed by atoms with van der Waals surface area (Å²) in [4.78, 5) is 14.4. The van der Waals surface area contributed by atoms with Gasteiger partial charge in [-0.3, -0.25) is 4.79 Å². The predicted octanol–water partition coefficient (Wildman–Crippen LogP) is 3.59. The van der Waals surface area contributed by atoms with E-state index in [0.717, 1.165) is 25.1 Å². The van der Waals surface area contributed by atoms with E-state index >= 15 is 0 Å². The lowest BCUT2D eigenvalue weighted by Gasteiger charge is -2.26. The number of likely N-dealkylation sites (tertiary alicyclic amines) is 1. The minimum absolute atomic E-state index is 0.134. The summed E-state index contributed by atoms with van der Waals surface area (Å²) in [5.41, 5.74) is 2.08. The molecule has 0 aliphatic carbocycles. The third-order valence-electron chi connectivity index (χ3n) is 3.88. The zero-order chi connectivity index (χ0) is 14.2. The average molecular weight is 274 g/mol. The van der Waals surface area contributed by atoms with Crippen LogP contribution in [0.15, 0.2) is 24.3 Å². The molecular weight excluding hydrogens is 248 g/mol. The van der Waals surface area contributed by atoms with Crippen molar-refractivity contribution in [2.75, 3.05) is 25.0 Å². The molecule has 0 spiro atoms. The lowest BCUT2D eigenvalue weighted by atomic mass is 10.1. The molecule has 1 fully saturated rings. The fourth-order valence-electron chi connectivity index (χ4n) is 2.75. The summed E-state index contributed by atoms with van der Waals surface area (Å²) in [7, 11) is 0. The van der Waals surface area contributed by atoms with Gasteiger partial charge in [-0.15, -0.1) is 0 Å².